The molecule has 1 fully saturated rings. The van der Waals surface area contributed by atoms with Gasteiger partial charge in [0.2, 0.25) is 5.91 Å². The monoisotopic (exact) mass is 468 g/mol. The molecule has 6 nitrogen and oxygen atoms in total. The molecule has 3 aromatic carbocycles. The first kappa shape index (κ1) is 21.6. The molecular formula is C28H25FN4O2. The largest absolute Gasteiger partial charge is 0.369 e. The summed E-state index contributed by atoms with van der Waals surface area (Å²) in [4.78, 5) is 33.0. The van der Waals surface area contributed by atoms with Gasteiger partial charge in [-0.25, -0.2) is 4.39 Å². The van der Waals surface area contributed by atoms with Crippen molar-refractivity contribution in [2.45, 2.75) is 6.42 Å². The van der Waals surface area contributed by atoms with Crippen molar-refractivity contribution >= 4 is 28.1 Å². The number of halogens is 1. The van der Waals surface area contributed by atoms with Crippen LogP contribution >= 0.6 is 0 Å². The maximum atomic E-state index is 13.2. The molecule has 0 atom stereocenters. The zero-order valence-electron chi connectivity index (χ0n) is 19.2. The third-order valence-corrected chi connectivity index (χ3v) is 7.04. The predicted octanol–water partition coefficient (Wildman–Crippen LogP) is 4.00. The molecule has 0 unspecified atom stereocenters. The Hall–Kier alpha value is -3.97. The van der Waals surface area contributed by atoms with Gasteiger partial charge in [-0.15, -0.1) is 0 Å². The van der Waals surface area contributed by atoms with Gasteiger partial charge in [-0.05, 0) is 52.9 Å². The van der Waals surface area contributed by atoms with Crippen molar-refractivity contribution in [3.8, 4) is 11.3 Å². The number of H-pyrrole nitrogens is 1. The SMILES string of the molecule is O=C(CN1CCN(c2ccc(F)cc2)CC1)Nc1cccc2c1Cc1c-2[nH]c(=O)c2ccccc12. The summed E-state index contributed by atoms with van der Waals surface area (Å²) in [5, 5.41) is 4.75. The third kappa shape index (κ3) is 3.98. The lowest BCUT2D eigenvalue weighted by Crippen LogP contribution is -2.48. The molecule has 1 aliphatic carbocycles. The van der Waals surface area contributed by atoms with Gasteiger partial charge in [0.15, 0.2) is 0 Å². The zero-order valence-corrected chi connectivity index (χ0v) is 19.2. The number of carbonyl (C=O) groups excluding carboxylic acids is 1. The Balaban J connectivity index is 1.15. The number of carbonyl (C=O) groups is 1. The van der Waals surface area contributed by atoms with Gasteiger partial charge in [-0.3, -0.25) is 14.5 Å². The number of pyridine rings is 1. The Kier molecular flexibility index (Phi) is 5.34. The number of hydrogen-bond donors (Lipinski definition) is 2. The molecule has 1 amide bonds. The minimum atomic E-state index is -0.237. The molecule has 2 heterocycles. The van der Waals surface area contributed by atoms with Crippen LogP contribution in [0.5, 0.6) is 0 Å². The summed E-state index contributed by atoms with van der Waals surface area (Å²) in [6, 6.07) is 20.0. The van der Waals surface area contributed by atoms with E-state index in [2.05, 4.69) is 20.1 Å². The number of benzene rings is 3. The first-order valence-corrected chi connectivity index (χ1v) is 11.9. The van der Waals surface area contributed by atoms with E-state index >= 15 is 0 Å². The van der Waals surface area contributed by atoms with Crippen molar-refractivity contribution in [2.24, 2.45) is 0 Å². The Labute approximate surface area is 202 Å². The minimum Gasteiger partial charge on any atom is -0.369 e. The van der Waals surface area contributed by atoms with Crippen LogP contribution in [0.3, 0.4) is 0 Å². The highest BCUT2D eigenvalue weighted by atomic mass is 19.1. The van der Waals surface area contributed by atoms with Crippen LogP contribution in [0.1, 0.15) is 11.1 Å². The quantitative estimate of drug-likeness (QED) is 0.419. The second-order valence-corrected chi connectivity index (χ2v) is 9.15. The fourth-order valence-corrected chi connectivity index (χ4v) is 5.26. The highest BCUT2D eigenvalue weighted by Gasteiger charge is 2.26. The van der Waals surface area contributed by atoms with E-state index in [1.165, 1.54) is 12.1 Å². The molecule has 0 radical (unpaired) electrons. The van der Waals surface area contributed by atoms with Crippen LogP contribution in [0.2, 0.25) is 0 Å². The maximum Gasteiger partial charge on any atom is 0.256 e. The van der Waals surface area contributed by atoms with Gasteiger partial charge in [-0.1, -0.05) is 30.3 Å². The molecule has 2 aliphatic rings. The Morgan fingerprint density at radius 3 is 2.40 bits per heavy atom. The number of aromatic amines is 1. The van der Waals surface area contributed by atoms with Gasteiger partial charge in [0.1, 0.15) is 5.82 Å². The number of aromatic nitrogens is 1. The number of hydrogen-bond acceptors (Lipinski definition) is 4. The molecule has 7 heteroatoms. The summed E-state index contributed by atoms with van der Waals surface area (Å²) in [6.45, 7) is 3.41. The molecule has 6 rings (SSSR count). The van der Waals surface area contributed by atoms with Gasteiger partial charge in [-0.2, -0.15) is 0 Å². The van der Waals surface area contributed by atoms with E-state index in [0.717, 1.165) is 65.3 Å². The second-order valence-electron chi connectivity index (χ2n) is 9.15. The van der Waals surface area contributed by atoms with E-state index in [9.17, 15) is 14.0 Å². The average molecular weight is 469 g/mol. The minimum absolute atomic E-state index is 0.0528. The molecule has 2 N–H and O–H groups in total. The van der Waals surface area contributed by atoms with Crippen molar-refractivity contribution in [2.75, 3.05) is 42.9 Å². The second kappa shape index (κ2) is 8.67. The molecule has 1 saturated heterocycles. The van der Waals surface area contributed by atoms with E-state index < -0.39 is 0 Å². The number of fused-ring (bicyclic) bond motifs is 5. The van der Waals surface area contributed by atoms with Gasteiger partial charge < -0.3 is 15.2 Å². The first-order valence-electron chi connectivity index (χ1n) is 11.9. The highest BCUT2D eigenvalue weighted by molar-refractivity contribution is 5.98. The summed E-state index contributed by atoms with van der Waals surface area (Å²) in [6.07, 6.45) is 0.661. The topological polar surface area (TPSA) is 68.4 Å². The molecule has 0 saturated carbocycles. The lowest BCUT2D eigenvalue weighted by Gasteiger charge is -2.35. The summed E-state index contributed by atoms with van der Waals surface area (Å²) in [5.74, 6) is -0.290. The molecule has 176 valence electrons. The number of nitrogens with zero attached hydrogens (tertiary/aromatic N) is 2. The number of amides is 1. The van der Waals surface area contributed by atoms with Crippen LogP contribution in [-0.2, 0) is 11.2 Å². The van der Waals surface area contributed by atoms with Crippen LogP contribution in [0, 0.1) is 5.82 Å². The van der Waals surface area contributed by atoms with Crippen molar-refractivity contribution in [3.63, 3.8) is 0 Å². The van der Waals surface area contributed by atoms with E-state index in [1.807, 2.05) is 42.5 Å². The number of anilines is 2. The normalized spacial score (nSPS) is 15.2. The predicted molar refractivity (Wildman–Crippen MR) is 136 cm³/mol. The smallest absolute Gasteiger partial charge is 0.256 e. The number of nitrogens with one attached hydrogen (secondary N) is 2. The Morgan fingerprint density at radius 2 is 1.63 bits per heavy atom. The molecule has 0 spiro atoms. The highest BCUT2D eigenvalue weighted by Crippen LogP contribution is 2.41. The summed E-state index contributed by atoms with van der Waals surface area (Å²) in [5.41, 5.74) is 5.63. The van der Waals surface area contributed by atoms with Crippen molar-refractivity contribution < 1.29 is 9.18 Å². The van der Waals surface area contributed by atoms with Crippen molar-refractivity contribution in [3.05, 3.63) is 94.0 Å². The molecule has 0 bridgehead atoms. The summed E-state index contributed by atoms with van der Waals surface area (Å²) < 4.78 is 13.2. The van der Waals surface area contributed by atoms with E-state index in [1.54, 1.807) is 12.1 Å². The molecular weight excluding hydrogens is 443 g/mol. The van der Waals surface area contributed by atoms with Crippen LogP contribution in [0.15, 0.2) is 71.5 Å². The van der Waals surface area contributed by atoms with Crippen LogP contribution in [-0.4, -0.2) is 48.5 Å². The van der Waals surface area contributed by atoms with E-state index in [4.69, 9.17) is 0 Å². The van der Waals surface area contributed by atoms with E-state index in [0.29, 0.717) is 18.4 Å². The fraction of sp³-hybridized carbons (Fsp3) is 0.214. The van der Waals surface area contributed by atoms with Crippen LogP contribution in [0.4, 0.5) is 15.8 Å². The first-order chi connectivity index (χ1) is 17.1. The number of piperazine rings is 1. The molecule has 35 heavy (non-hydrogen) atoms. The van der Waals surface area contributed by atoms with Gasteiger partial charge >= 0.3 is 0 Å². The van der Waals surface area contributed by atoms with Crippen molar-refractivity contribution in [1.82, 2.24) is 9.88 Å². The van der Waals surface area contributed by atoms with Crippen LogP contribution in [0.25, 0.3) is 22.0 Å². The van der Waals surface area contributed by atoms with E-state index in [-0.39, 0.29) is 17.3 Å². The standard InChI is InChI=1S/C28H25FN4O2/c29-18-8-10-19(11-9-18)33-14-12-32(13-15-33)17-26(34)30-25-7-3-6-21-23(25)16-24-20-4-1-2-5-22(20)28(35)31-27(21)24/h1-11H,12-17H2,(H,30,34)(H,31,35). The van der Waals surface area contributed by atoms with Gasteiger partial charge in [0.05, 0.1) is 12.2 Å². The van der Waals surface area contributed by atoms with Crippen molar-refractivity contribution in [1.29, 1.82) is 0 Å². The van der Waals surface area contributed by atoms with Crippen LogP contribution < -0.4 is 15.8 Å². The molecule has 1 aliphatic heterocycles. The zero-order chi connectivity index (χ0) is 23.9. The Morgan fingerprint density at radius 1 is 0.886 bits per heavy atom. The van der Waals surface area contributed by atoms with Gasteiger partial charge in [0.25, 0.3) is 5.56 Å². The lowest BCUT2D eigenvalue weighted by molar-refractivity contribution is -0.117. The number of rotatable bonds is 4. The molecule has 4 aromatic rings. The molecule has 1 aromatic heterocycles. The third-order valence-electron chi connectivity index (χ3n) is 7.04. The van der Waals surface area contributed by atoms with Gasteiger partial charge in [0, 0.05) is 54.9 Å². The maximum absolute atomic E-state index is 13.2. The summed E-state index contributed by atoms with van der Waals surface area (Å²) in [7, 11) is 0. The fourth-order valence-electron chi connectivity index (χ4n) is 5.26. The lowest BCUT2D eigenvalue weighted by atomic mass is 10.0. The summed E-state index contributed by atoms with van der Waals surface area (Å²) >= 11 is 0. The Bertz CT molecular complexity index is 1490. The average Bonchev–Trinajstić information content (AvgIpc) is 3.25.